The summed E-state index contributed by atoms with van der Waals surface area (Å²) in [6, 6.07) is 3.88. The Hall–Kier alpha value is -1.07. The number of rotatable bonds is 6. The molecule has 0 N–H and O–H groups in total. The summed E-state index contributed by atoms with van der Waals surface area (Å²) in [6.45, 7) is 3.89. The smallest absolute Gasteiger partial charge is 0.414 e. The van der Waals surface area contributed by atoms with Crippen LogP contribution in [0.3, 0.4) is 0 Å². The second kappa shape index (κ2) is 7.29. The lowest BCUT2D eigenvalue weighted by Crippen LogP contribution is -2.33. The maximum absolute atomic E-state index is 11.8. The number of ether oxygens (including phenoxy) is 1. The van der Waals surface area contributed by atoms with Gasteiger partial charge in [-0.05, 0) is 51.5 Å². The quantitative estimate of drug-likeness (QED) is 0.784. The first kappa shape index (κ1) is 14.0. The van der Waals surface area contributed by atoms with E-state index in [0.29, 0.717) is 13.2 Å². The summed E-state index contributed by atoms with van der Waals surface area (Å²) in [5.74, 6) is 0. The van der Waals surface area contributed by atoms with Gasteiger partial charge in [0.25, 0.3) is 0 Å². The molecule has 0 saturated carbocycles. The number of nitrogens with zero attached hydrogens (tertiary/aromatic N) is 2. The fraction of sp³-hybridized carbons (Fsp3) is 0.583. The SMILES string of the molecule is CCOC(=O)N(CCCN(C)C)c1cccs1. The lowest BCUT2D eigenvalue weighted by atomic mass is 10.3. The highest BCUT2D eigenvalue weighted by atomic mass is 32.1. The molecule has 0 aliphatic heterocycles. The van der Waals surface area contributed by atoms with E-state index in [4.69, 9.17) is 4.74 Å². The Labute approximate surface area is 107 Å². The van der Waals surface area contributed by atoms with Gasteiger partial charge in [-0.25, -0.2) is 4.79 Å². The van der Waals surface area contributed by atoms with Crippen LogP contribution >= 0.6 is 11.3 Å². The molecule has 1 rings (SSSR count). The molecule has 0 fully saturated rings. The van der Waals surface area contributed by atoms with Crippen molar-refractivity contribution in [1.29, 1.82) is 0 Å². The number of amides is 1. The van der Waals surface area contributed by atoms with Crippen LogP contribution in [0.15, 0.2) is 17.5 Å². The molecule has 0 aliphatic carbocycles. The van der Waals surface area contributed by atoms with Crippen LogP contribution in [-0.4, -0.2) is 44.8 Å². The molecule has 0 aliphatic rings. The zero-order valence-electron chi connectivity index (χ0n) is 10.7. The molecule has 0 atom stereocenters. The standard InChI is InChI=1S/C12H20N2O2S/c1-4-16-12(15)14(9-6-8-13(2)3)11-7-5-10-17-11/h5,7,10H,4,6,8-9H2,1-3H3. The van der Waals surface area contributed by atoms with E-state index < -0.39 is 0 Å². The largest absolute Gasteiger partial charge is 0.449 e. The van der Waals surface area contributed by atoms with Gasteiger partial charge in [0.05, 0.1) is 6.61 Å². The highest BCUT2D eigenvalue weighted by Gasteiger charge is 2.17. The maximum Gasteiger partial charge on any atom is 0.414 e. The second-order valence-electron chi connectivity index (χ2n) is 3.96. The lowest BCUT2D eigenvalue weighted by Gasteiger charge is -2.21. The molecule has 1 amide bonds. The van der Waals surface area contributed by atoms with Crippen LogP contribution in [0.4, 0.5) is 9.80 Å². The molecule has 0 aromatic carbocycles. The van der Waals surface area contributed by atoms with E-state index in [2.05, 4.69) is 4.90 Å². The van der Waals surface area contributed by atoms with Gasteiger partial charge in [-0.2, -0.15) is 0 Å². The Kier molecular flexibility index (Phi) is 6.00. The van der Waals surface area contributed by atoms with Crippen LogP contribution in [0.25, 0.3) is 0 Å². The molecular weight excluding hydrogens is 236 g/mol. The third-order valence-electron chi connectivity index (χ3n) is 2.25. The minimum Gasteiger partial charge on any atom is -0.449 e. The fourth-order valence-corrected chi connectivity index (χ4v) is 2.21. The van der Waals surface area contributed by atoms with Crippen molar-refractivity contribution in [1.82, 2.24) is 4.90 Å². The summed E-state index contributed by atoms with van der Waals surface area (Å²) in [5, 5.41) is 2.91. The number of thiophene rings is 1. The Balaban J connectivity index is 2.57. The van der Waals surface area contributed by atoms with Gasteiger partial charge in [-0.15, -0.1) is 11.3 Å². The van der Waals surface area contributed by atoms with Crippen LogP contribution in [0.1, 0.15) is 13.3 Å². The minimum absolute atomic E-state index is 0.256. The number of hydrogen-bond donors (Lipinski definition) is 0. The predicted octanol–water partition coefficient (Wildman–Crippen LogP) is 2.66. The van der Waals surface area contributed by atoms with Crippen molar-refractivity contribution in [3.63, 3.8) is 0 Å². The minimum atomic E-state index is -0.256. The summed E-state index contributed by atoms with van der Waals surface area (Å²) in [4.78, 5) is 15.6. The van der Waals surface area contributed by atoms with Crippen LogP contribution in [0.5, 0.6) is 0 Å². The van der Waals surface area contributed by atoms with Gasteiger partial charge in [-0.3, -0.25) is 4.90 Å². The maximum atomic E-state index is 11.8. The van der Waals surface area contributed by atoms with E-state index >= 15 is 0 Å². The number of anilines is 1. The first-order chi connectivity index (χ1) is 8.15. The first-order valence-electron chi connectivity index (χ1n) is 5.77. The molecule has 1 heterocycles. The molecule has 0 spiro atoms. The van der Waals surface area contributed by atoms with Crippen molar-refractivity contribution >= 4 is 22.4 Å². The molecule has 1 aromatic heterocycles. The molecule has 96 valence electrons. The molecule has 0 bridgehead atoms. The van der Waals surface area contributed by atoms with Crippen LogP contribution < -0.4 is 4.90 Å². The summed E-state index contributed by atoms with van der Waals surface area (Å²) in [6.07, 6.45) is 0.678. The van der Waals surface area contributed by atoms with Gasteiger partial charge in [0, 0.05) is 6.54 Å². The summed E-state index contributed by atoms with van der Waals surface area (Å²) in [5.41, 5.74) is 0. The molecular formula is C12H20N2O2S. The van der Waals surface area contributed by atoms with Gasteiger partial charge < -0.3 is 9.64 Å². The van der Waals surface area contributed by atoms with Crippen molar-refractivity contribution in [3.8, 4) is 0 Å². The fourth-order valence-electron chi connectivity index (χ4n) is 1.46. The monoisotopic (exact) mass is 256 g/mol. The Bertz CT molecular complexity index is 325. The van der Waals surface area contributed by atoms with E-state index in [0.717, 1.165) is 18.0 Å². The predicted molar refractivity (Wildman–Crippen MR) is 71.9 cm³/mol. The van der Waals surface area contributed by atoms with Gasteiger partial charge in [0.1, 0.15) is 5.00 Å². The molecule has 5 heteroatoms. The van der Waals surface area contributed by atoms with E-state index in [9.17, 15) is 4.79 Å². The Morgan fingerprint density at radius 2 is 2.18 bits per heavy atom. The number of hydrogen-bond acceptors (Lipinski definition) is 4. The van der Waals surface area contributed by atoms with Crippen LogP contribution in [0.2, 0.25) is 0 Å². The highest BCUT2D eigenvalue weighted by Crippen LogP contribution is 2.22. The molecule has 4 nitrogen and oxygen atoms in total. The number of carbonyl (C=O) groups excluding carboxylic acids is 1. The molecule has 0 unspecified atom stereocenters. The zero-order valence-corrected chi connectivity index (χ0v) is 11.5. The van der Waals surface area contributed by atoms with Crippen molar-refractivity contribution in [2.24, 2.45) is 0 Å². The van der Waals surface area contributed by atoms with Crippen molar-refractivity contribution in [2.45, 2.75) is 13.3 Å². The molecule has 1 aromatic rings. The topological polar surface area (TPSA) is 32.8 Å². The van der Waals surface area contributed by atoms with E-state index in [1.165, 1.54) is 0 Å². The van der Waals surface area contributed by atoms with E-state index in [-0.39, 0.29) is 6.09 Å². The molecule has 0 saturated heterocycles. The van der Waals surface area contributed by atoms with E-state index in [1.807, 2.05) is 38.5 Å². The van der Waals surface area contributed by atoms with Gasteiger partial charge in [0.2, 0.25) is 0 Å². The van der Waals surface area contributed by atoms with Crippen LogP contribution in [0, 0.1) is 0 Å². The van der Waals surface area contributed by atoms with Crippen molar-refractivity contribution in [3.05, 3.63) is 17.5 Å². The van der Waals surface area contributed by atoms with E-state index in [1.54, 1.807) is 16.2 Å². The average Bonchev–Trinajstić information content (AvgIpc) is 2.77. The van der Waals surface area contributed by atoms with Crippen molar-refractivity contribution < 1.29 is 9.53 Å². The third-order valence-corrected chi connectivity index (χ3v) is 3.14. The van der Waals surface area contributed by atoms with Gasteiger partial charge in [0.15, 0.2) is 0 Å². The molecule has 0 radical (unpaired) electrons. The first-order valence-corrected chi connectivity index (χ1v) is 6.65. The van der Waals surface area contributed by atoms with Gasteiger partial charge in [-0.1, -0.05) is 0 Å². The zero-order chi connectivity index (χ0) is 12.7. The third kappa shape index (κ3) is 4.75. The second-order valence-corrected chi connectivity index (χ2v) is 4.88. The summed E-state index contributed by atoms with van der Waals surface area (Å²) >= 11 is 1.56. The lowest BCUT2D eigenvalue weighted by molar-refractivity contribution is 0.159. The summed E-state index contributed by atoms with van der Waals surface area (Å²) in [7, 11) is 4.06. The Morgan fingerprint density at radius 1 is 1.41 bits per heavy atom. The summed E-state index contributed by atoms with van der Waals surface area (Å²) < 4.78 is 5.07. The normalized spacial score (nSPS) is 10.6. The van der Waals surface area contributed by atoms with Crippen molar-refractivity contribution in [2.75, 3.05) is 38.7 Å². The average molecular weight is 256 g/mol. The van der Waals surface area contributed by atoms with Crippen LogP contribution in [-0.2, 0) is 4.74 Å². The molecule has 17 heavy (non-hydrogen) atoms. The van der Waals surface area contributed by atoms with Gasteiger partial charge >= 0.3 is 6.09 Å². The highest BCUT2D eigenvalue weighted by molar-refractivity contribution is 7.14. The number of carbonyl (C=O) groups is 1. The Morgan fingerprint density at radius 3 is 2.71 bits per heavy atom.